The number of morpholine rings is 1. The Morgan fingerprint density at radius 1 is 1.47 bits per heavy atom. The maximum absolute atomic E-state index is 12.3. The summed E-state index contributed by atoms with van der Waals surface area (Å²) >= 11 is 0. The molecule has 2 heterocycles. The van der Waals surface area contributed by atoms with Crippen LogP contribution in [-0.4, -0.2) is 74.7 Å². The van der Waals surface area contributed by atoms with Gasteiger partial charge in [-0.1, -0.05) is 0 Å². The Morgan fingerprint density at radius 3 is 2.94 bits per heavy atom. The Hall–Kier alpha value is -0.650. The van der Waals surface area contributed by atoms with E-state index in [9.17, 15) is 4.79 Å². The summed E-state index contributed by atoms with van der Waals surface area (Å²) in [6.45, 7) is 3.75. The van der Waals surface area contributed by atoms with E-state index in [1.54, 1.807) is 0 Å². The van der Waals surface area contributed by atoms with E-state index in [0.717, 1.165) is 26.1 Å². The van der Waals surface area contributed by atoms with Gasteiger partial charge in [-0.3, -0.25) is 4.79 Å². The van der Waals surface area contributed by atoms with Crippen LogP contribution >= 0.6 is 0 Å². The molecule has 1 amide bonds. The molecular formula is C12H23N3O2. The van der Waals surface area contributed by atoms with E-state index in [4.69, 9.17) is 4.74 Å². The summed E-state index contributed by atoms with van der Waals surface area (Å²) in [5.41, 5.74) is 0. The third-order valence-electron chi connectivity index (χ3n) is 3.66. The van der Waals surface area contributed by atoms with Gasteiger partial charge in [-0.05, 0) is 26.9 Å². The van der Waals surface area contributed by atoms with Crippen molar-refractivity contribution in [1.29, 1.82) is 0 Å². The number of likely N-dealkylation sites (tertiary alicyclic amines) is 1. The van der Waals surface area contributed by atoms with E-state index in [1.165, 1.54) is 6.42 Å². The minimum absolute atomic E-state index is 0.135. The van der Waals surface area contributed by atoms with Gasteiger partial charge in [-0.2, -0.15) is 0 Å². The molecule has 1 N–H and O–H groups in total. The van der Waals surface area contributed by atoms with Crippen molar-refractivity contribution < 1.29 is 9.53 Å². The summed E-state index contributed by atoms with van der Waals surface area (Å²) in [5.74, 6) is 0.205. The van der Waals surface area contributed by atoms with Crippen molar-refractivity contribution in [2.45, 2.75) is 24.9 Å². The fourth-order valence-electron chi connectivity index (χ4n) is 2.52. The van der Waals surface area contributed by atoms with Crippen LogP contribution in [0.2, 0.25) is 0 Å². The molecule has 0 aromatic rings. The molecule has 0 saturated carbocycles. The fourth-order valence-corrected chi connectivity index (χ4v) is 2.52. The van der Waals surface area contributed by atoms with Gasteiger partial charge in [0.15, 0.2) is 0 Å². The van der Waals surface area contributed by atoms with Gasteiger partial charge in [0.25, 0.3) is 0 Å². The molecule has 2 fully saturated rings. The molecule has 17 heavy (non-hydrogen) atoms. The second-order valence-electron chi connectivity index (χ2n) is 5.13. The van der Waals surface area contributed by atoms with Crippen LogP contribution in [0.3, 0.4) is 0 Å². The lowest BCUT2D eigenvalue weighted by Crippen LogP contribution is -2.56. The van der Waals surface area contributed by atoms with E-state index in [0.29, 0.717) is 19.3 Å². The summed E-state index contributed by atoms with van der Waals surface area (Å²) < 4.78 is 5.35. The van der Waals surface area contributed by atoms with Crippen LogP contribution in [-0.2, 0) is 9.53 Å². The van der Waals surface area contributed by atoms with Crippen molar-refractivity contribution >= 4 is 5.91 Å². The van der Waals surface area contributed by atoms with Crippen LogP contribution in [0.5, 0.6) is 0 Å². The molecule has 98 valence electrons. The van der Waals surface area contributed by atoms with Crippen LogP contribution in [0, 0.1) is 0 Å². The van der Waals surface area contributed by atoms with Crippen LogP contribution in [0.4, 0.5) is 0 Å². The standard InChI is InChI=1S/C12H23N3O2/c1-14(2)10-4-3-6-15(8-10)12(16)11-9-17-7-5-13-11/h10-11,13H,3-9H2,1-2H3. The third kappa shape index (κ3) is 3.18. The van der Waals surface area contributed by atoms with Gasteiger partial charge in [0, 0.05) is 25.7 Å². The summed E-state index contributed by atoms with van der Waals surface area (Å²) in [6, 6.07) is 0.363. The highest BCUT2D eigenvalue weighted by atomic mass is 16.5. The van der Waals surface area contributed by atoms with E-state index >= 15 is 0 Å². The number of amides is 1. The van der Waals surface area contributed by atoms with Gasteiger partial charge in [-0.15, -0.1) is 0 Å². The highest BCUT2D eigenvalue weighted by Crippen LogP contribution is 2.15. The molecule has 5 nitrogen and oxygen atoms in total. The smallest absolute Gasteiger partial charge is 0.242 e. The number of nitrogens with one attached hydrogen (secondary N) is 1. The first-order valence-corrected chi connectivity index (χ1v) is 6.45. The molecule has 2 aliphatic rings. The molecule has 2 aliphatic heterocycles. The Bertz CT molecular complexity index is 264. The predicted octanol–water partition coefficient (Wildman–Crippen LogP) is -0.473. The molecule has 0 aromatic heterocycles. The molecule has 2 unspecified atom stereocenters. The second-order valence-corrected chi connectivity index (χ2v) is 5.13. The first-order chi connectivity index (χ1) is 8.18. The van der Waals surface area contributed by atoms with Crippen molar-refractivity contribution in [2.24, 2.45) is 0 Å². The first-order valence-electron chi connectivity index (χ1n) is 6.45. The average molecular weight is 241 g/mol. The lowest BCUT2D eigenvalue weighted by molar-refractivity contribution is -0.138. The number of piperidine rings is 1. The van der Waals surface area contributed by atoms with Gasteiger partial charge in [-0.25, -0.2) is 0 Å². The number of rotatable bonds is 2. The van der Waals surface area contributed by atoms with Crippen molar-refractivity contribution in [2.75, 3.05) is 46.9 Å². The van der Waals surface area contributed by atoms with E-state index in [2.05, 4.69) is 24.3 Å². The highest BCUT2D eigenvalue weighted by Gasteiger charge is 2.30. The topological polar surface area (TPSA) is 44.8 Å². The zero-order chi connectivity index (χ0) is 12.3. The summed E-state index contributed by atoms with van der Waals surface area (Å²) in [5, 5.41) is 3.23. The quantitative estimate of drug-likeness (QED) is 0.710. The van der Waals surface area contributed by atoms with E-state index in [-0.39, 0.29) is 11.9 Å². The largest absolute Gasteiger partial charge is 0.378 e. The summed E-state index contributed by atoms with van der Waals surface area (Å²) in [6.07, 6.45) is 2.29. The first kappa shape index (κ1) is 12.8. The maximum Gasteiger partial charge on any atom is 0.242 e. The van der Waals surface area contributed by atoms with Crippen molar-refractivity contribution in [3.8, 4) is 0 Å². The number of likely N-dealkylation sites (N-methyl/N-ethyl adjacent to an activating group) is 1. The highest BCUT2D eigenvalue weighted by molar-refractivity contribution is 5.82. The maximum atomic E-state index is 12.3. The second kappa shape index (κ2) is 5.80. The Morgan fingerprint density at radius 2 is 2.29 bits per heavy atom. The van der Waals surface area contributed by atoms with Crippen LogP contribution in [0.1, 0.15) is 12.8 Å². The lowest BCUT2D eigenvalue weighted by Gasteiger charge is -2.38. The summed E-state index contributed by atoms with van der Waals surface area (Å²) in [4.78, 5) is 16.5. The van der Waals surface area contributed by atoms with Gasteiger partial charge in [0.2, 0.25) is 5.91 Å². The predicted molar refractivity (Wildman–Crippen MR) is 65.9 cm³/mol. The average Bonchev–Trinajstić information content (AvgIpc) is 2.39. The van der Waals surface area contributed by atoms with Crippen LogP contribution < -0.4 is 5.32 Å². The van der Waals surface area contributed by atoms with Gasteiger partial charge >= 0.3 is 0 Å². The molecule has 0 aliphatic carbocycles. The molecule has 2 atom stereocenters. The normalized spacial score (nSPS) is 30.6. The number of ether oxygens (including phenoxy) is 1. The van der Waals surface area contributed by atoms with Crippen molar-refractivity contribution in [3.63, 3.8) is 0 Å². The Kier molecular flexibility index (Phi) is 4.36. The minimum atomic E-state index is -0.135. The zero-order valence-corrected chi connectivity index (χ0v) is 10.8. The van der Waals surface area contributed by atoms with Crippen molar-refractivity contribution in [1.82, 2.24) is 15.1 Å². The Balaban J connectivity index is 1.89. The van der Waals surface area contributed by atoms with Gasteiger partial charge in [0.1, 0.15) is 6.04 Å². The third-order valence-corrected chi connectivity index (χ3v) is 3.66. The van der Waals surface area contributed by atoms with Gasteiger partial charge < -0.3 is 19.9 Å². The number of nitrogens with zero attached hydrogens (tertiary/aromatic N) is 2. The number of hydrogen-bond acceptors (Lipinski definition) is 4. The molecule has 2 rings (SSSR count). The van der Waals surface area contributed by atoms with Crippen molar-refractivity contribution in [3.05, 3.63) is 0 Å². The number of carbonyl (C=O) groups is 1. The van der Waals surface area contributed by atoms with E-state index < -0.39 is 0 Å². The number of carbonyl (C=O) groups excluding carboxylic acids is 1. The molecule has 0 spiro atoms. The minimum Gasteiger partial charge on any atom is -0.378 e. The molecule has 0 bridgehead atoms. The zero-order valence-electron chi connectivity index (χ0n) is 10.8. The van der Waals surface area contributed by atoms with Crippen LogP contribution in [0.15, 0.2) is 0 Å². The monoisotopic (exact) mass is 241 g/mol. The number of hydrogen-bond donors (Lipinski definition) is 1. The lowest BCUT2D eigenvalue weighted by atomic mass is 10.0. The van der Waals surface area contributed by atoms with E-state index in [1.807, 2.05) is 4.90 Å². The summed E-state index contributed by atoms with van der Waals surface area (Å²) in [7, 11) is 4.17. The SMILES string of the molecule is CN(C)C1CCCN(C(=O)C2COCCN2)C1. The van der Waals surface area contributed by atoms with Crippen LogP contribution in [0.25, 0.3) is 0 Å². The molecule has 0 radical (unpaired) electrons. The molecule has 5 heteroatoms. The molecular weight excluding hydrogens is 218 g/mol. The Labute approximate surface area is 103 Å². The van der Waals surface area contributed by atoms with Gasteiger partial charge in [0.05, 0.1) is 13.2 Å². The molecule has 0 aromatic carbocycles. The fraction of sp³-hybridized carbons (Fsp3) is 0.917. The molecule has 2 saturated heterocycles.